The van der Waals surface area contributed by atoms with Gasteiger partial charge in [0, 0.05) is 0 Å². The van der Waals surface area contributed by atoms with Crippen LogP contribution in [0, 0.1) is 0 Å². The monoisotopic (exact) mass is 269 g/mol. The van der Waals surface area contributed by atoms with Crippen molar-refractivity contribution in [1.29, 1.82) is 0 Å². The molecule has 1 atom stereocenters. The van der Waals surface area contributed by atoms with Crippen LogP contribution in [0.15, 0.2) is 0 Å². The fourth-order valence-electron chi connectivity index (χ4n) is 0.681. The fourth-order valence-corrected chi connectivity index (χ4v) is 6.13. The summed E-state index contributed by atoms with van der Waals surface area (Å²) in [4.78, 5) is 12.7. The van der Waals surface area contributed by atoms with Crippen LogP contribution in [-0.4, -0.2) is 33.0 Å². The molecule has 0 radical (unpaired) electrons. The standard InChI is InChI=1S/C3H8N.CHO.CH3S.CH3.Sn/c1-2-3-4;2*1-2;;/h1-4H2;1H;2H,1H2;1H3;. The van der Waals surface area contributed by atoms with Gasteiger partial charge in [-0.15, -0.1) is 0 Å². The first-order valence-electron chi connectivity index (χ1n) is 3.46. The van der Waals surface area contributed by atoms with Crippen molar-refractivity contribution in [3.05, 3.63) is 0 Å². The molecule has 10 heavy (non-hydrogen) atoms. The van der Waals surface area contributed by atoms with E-state index in [0.29, 0.717) is 6.54 Å². The van der Waals surface area contributed by atoms with Crippen LogP contribution in [0.4, 0.5) is 0 Å². The maximum absolute atomic E-state index is 10.6. The van der Waals surface area contributed by atoms with E-state index in [4.69, 9.17) is 5.73 Å². The topological polar surface area (TPSA) is 43.1 Å². The van der Waals surface area contributed by atoms with E-state index in [0.717, 1.165) is 14.6 Å². The number of carbonyl (C=O) groups excluding carboxylic acids is 1. The molecule has 0 aromatic rings. The molecule has 4 heteroatoms. The molecule has 0 aromatic heterocycles. The summed E-state index contributed by atoms with van der Waals surface area (Å²) in [6.07, 6.45) is 0.992. The molecule has 0 saturated carbocycles. The molecule has 0 rings (SSSR count). The zero-order valence-electron chi connectivity index (χ0n) is 6.34. The summed E-state index contributed by atoms with van der Waals surface area (Å²) in [5, 5.41) is 0. The van der Waals surface area contributed by atoms with Crippen molar-refractivity contribution in [2.75, 3.05) is 10.3 Å². The van der Waals surface area contributed by atoms with Crippen LogP contribution in [0.25, 0.3) is 0 Å². The van der Waals surface area contributed by atoms with Gasteiger partial charge in [0.15, 0.2) is 0 Å². The average molecular weight is 268 g/mol. The fraction of sp³-hybridized carbons (Fsp3) is 0.833. The van der Waals surface area contributed by atoms with Crippen LogP contribution in [0.1, 0.15) is 6.42 Å². The minimum atomic E-state index is -2.31. The molecule has 2 N–H and O–H groups in total. The van der Waals surface area contributed by atoms with Gasteiger partial charge in [-0.1, -0.05) is 0 Å². The van der Waals surface area contributed by atoms with Gasteiger partial charge in [0.1, 0.15) is 0 Å². The number of carbonyl (C=O) groups is 1. The third kappa shape index (κ3) is 3.83. The molecular formula is C6H15NOSSn. The van der Waals surface area contributed by atoms with Crippen LogP contribution < -0.4 is 5.73 Å². The van der Waals surface area contributed by atoms with E-state index in [1.165, 1.54) is 4.30 Å². The normalized spacial score (nSPS) is 16.3. The van der Waals surface area contributed by atoms with Crippen molar-refractivity contribution in [2.45, 2.75) is 15.8 Å². The molecule has 1 unspecified atom stereocenters. The Bertz CT molecular complexity index is 112. The molecule has 0 heterocycles. The van der Waals surface area contributed by atoms with Crippen LogP contribution in [0.3, 0.4) is 0 Å². The molecule has 0 saturated heterocycles. The Kier molecular flexibility index (Phi) is 5.85. The molecule has 2 nitrogen and oxygen atoms in total. The average Bonchev–Trinajstić information content (AvgIpc) is 2.00. The van der Waals surface area contributed by atoms with Crippen LogP contribution in [-0.2, 0) is 4.79 Å². The summed E-state index contributed by atoms with van der Waals surface area (Å²) in [6, 6.07) is 0. The first-order valence-corrected chi connectivity index (χ1v) is 12.6. The van der Waals surface area contributed by atoms with Crippen LogP contribution in [0.5, 0.6) is 0 Å². The molecule has 0 aliphatic heterocycles. The Hall–Kier alpha value is 0.779. The second-order valence-electron chi connectivity index (χ2n) is 2.82. The predicted octanol–water partition coefficient (Wildman–Crippen LogP) is 0.655. The van der Waals surface area contributed by atoms with E-state index in [2.05, 4.69) is 17.6 Å². The van der Waals surface area contributed by atoms with E-state index >= 15 is 0 Å². The molecule has 0 amide bonds. The summed E-state index contributed by atoms with van der Waals surface area (Å²) in [7, 11) is 0. The minimum absolute atomic E-state index is 0.703. The van der Waals surface area contributed by atoms with Gasteiger partial charge in [-0.05, 0) is 0 Å². The van der Waals surface area contributed by atoms with E-state index < -0.39 is 18.4 Å². The Morgan fingerprint density at radius 1 is 1.70 bits per heavy atom. The summed E-state index contributed by atoms with van der Waals surface area (Å²) in [5.74, 6) is 0. The molecule has 0 fully saturated rings. The van der Waals surface area contributed by atoms with Gasteiger partial charge in [0.25, 0.3) is 0 Å². The Balaban J connectivity index is 3.68. The van der Waals surface area contributed by atoms with Crippen molar-refractivity contribution in [2.24, 2.45) is 5.73 Å². The number of hydrogen-bond acceptors (Lipinski definition) is 3. The van der Waals surface area contributed by atoms with Crippen molar-refractivity contribution < 1.29 is 4.79 Å². The van der Waals surface area contributed by atoms with Crippen LogP contribution >= 0.6 is 12.6 Å². The van der Waals surface area contributed by atoms with E-state index in [9.17, 15) is 4.79 Å². The first kappa shape index (κ1) is 10.8. The molecular weight excluding hydrogens is 253 g/mol. The quantitative estimate of drug-likeness (QED) is 0.437. The predicted molar refractivity (Wildman–Crippen MR) is 50.7 cm³/mol. The van der Waals surface area contributed by atoms with Crippen molar-refractivity contribution in [1.82, 2.24) is 0 Å². The molecule has 60 valence electrons. The van der Waals surface area contributed by atoms with Gasteiger partial charge in [-0.25, -0.2) is 0 Å². The summed E-state index contributed by atoms with van der Waals surface area (Å²) < 4.78 is 3.05. The molecule has 0 aliphatic carbocycles. The number of nitrogens with two attached hydrogens (primary N) is 1. The molecule has 0 aliphatic rings. The Labute approximate surface area is 71.8 Å². The Morgan fingerprint density at radius 2 is 2.30 bits per heavy atom. The van der Waals surface area contributed by atoms with Gasteiger partial charge < -0.3 is 0 Å². The zero-order chi connectivity index (χ0) is 8.04. The van der Waals surface area contributed by atoms with Crippen molar-refractivity contribution in [3.8, 4) is 0 Å². The van der Waals surface area contributed by atoms with E-state index in [-0.39, 0.29) is 0 Å². The first-order chi connectivity index (χ1) is 4.68. The van der Waals surface area contributed by atoms with Gasteiger partial charge in [0.05, 0.1) is 0 Å². The number of thiol groups is 1. The summed E-state index contributed by atoms with van der Waals surface area (Å²) >= 11 is 1.87. The molecule has 0 aromatic carbocycles. The van der Waals surface area contributed by atoms with E-state index in [1.54, 1.807) is 0 Å². The van der Waals surface area contributed by atoms with Crippen molar-refractivity contribution >= 4 is 35.3 Å². The van der Waals surface area contributed by atoms with Gasteiger partial charge in [-0.3, -0.25) is 0 Å². The van der Waals surface area contributed by atoms with Gasteiger partial charge in [0.2, 0.25) is 0 Å². The van der Waals surface area contributed by atoms with Gasteiger partial charge >= 0.3 is 71.9 Å². The summed E-state index contributed by atoms with van der Waals surface area (Å²) in [6.45, 7) is 0.703. The number of hydrogen-bond donors (Lipinski definition) is 2. The molecule has 0 spiro atoms. The van der Waals surface area contributed by atoms with Gasteiger partial charge in [-0.2, -0.15) is 0 Å². The molecule has 0 bridgehead atoms. The SMILES string of the molecule is [CH3][Sn]([CH]=O)([CH2]S)[CH2]CCN. The third-order valence-electron chi connectivity index (χ3n) is 1.60. The number of rotatable bonds is 5. The maximum atomic E-state index is 10.6. The third-order valence-corrected chi connectivity index (χ3v) is 14.4. The van der Waals surface area contributed by atoms with Crippen molar-refractivity contribution in [3.63, 3.8) is 0 Å². The Morgan fingerprint density at radius 3 is 2.60 bits per heavy atom. The second-order valence-corrected chi connectivity index (χ2v) is 17.4. The zero-order valence-corrected chi connectivity index (χ0v) is 10.1. The van der Waals surface area contributed by atoms with Crippen LogP contribution in [0.2, 0.25) is 9.38 Å². The van der Waals surface area contributed by atoms with E-state index in [1.807, 2.05) is 0 Å². The second kappa shape index (κ2) is 5.43. The summed E-state index contributed by atoms with van der Waals surface area (Å²) in [5.41, 5.74) is 5.34.